The quantitative estimate of drug-likeness (QED) is 0.0320. The van der Waals surface area contributed by atoms with Crippen molar-refractivity contribution < 1.29 is 24.5 Å². The largest absolute Gasteiger partial charge is 0.466 e. The number of esters is 1. The van der Waals surface area contributed by atoms with E-state index in [4.69, 9.17) is 4.74 Å². The highest BCUT2D eigenvalue weighted by molar-refractivity contribution is 5.76. The van der Waals surface area contributed by atoms with Crippen molar-refractivity contribution in [2.24, 2.45) is 0 Å². The molecule has 500 valence electrons. The molecular weight excluding hydrogens is 1030 g/mol. The molecule has 0 heterocycles. The first-order valence-corrected chi connectivity index (χ1v) is 39.0. The summed E-state index contributed by atoms with van der Waals surface area (Å²) in [6.07, 6.45) is 93.5. The molecule has 6 nitrogen and oxygen atoms in total. The first-order chi connectivity index (χ1) is 41.5. The molecule has 84 heavy (non-hydrogen) atoms. The molecule has 0 radical (unpaired) electrons. The molecule has 0 aromatic carbocycles. The molecule has 3 N–H and O–H groups in total. The van der Waals surface area contributed by atoms with Crippen LogP contribution in [0.2, 0.25) is 0 Å². The van der Waals surface area contributed by atoms with Crippen LogP contribution in [0, 0.1) is 0 Å². The molecule has 0 saturated carbocycles. The molecule has 0 aliphatic carbocycles. The number of allylic oxidation sites excluding steroid dienone is 1. The van der Waals surface area contributed by atoms with Crippen LogP contribution in [-0.2, 0) is 14.3 Å². The van der Waals surface area contributed by atoms with Crippen molar-refractivity contribution >= 4 is 11.9 Å². The van der Waals surface area contributed by atoms with Gasteiger partial charge >= 0.3 is 5.97 Å². The Labute approximate surface area is 527 Å². The third kappa shape index (κ3) is 69.7. The number of ether oxygens (including phenoxy) is 1. The van der Waals surface area contributed by atoms with Crippen LogP contribution < -0.4 is 5.32 Å². The summed E-state index contributed by atoms with van der Waals surface area (Å²) in [6, 6.07) is -0.622. The fourth-order valence-corrected chi connectivity index (χ4v) is 12.6. The van der Waals surface area contributed by atoms with Crippen LogP contribution in [0.4, 0.5) is 0 Å². The van der Waals surface area contributed by atoms with Crippen molar-refractivity contribution in [3.8, 4) is 0 Å². The fourth-order valence-electron chi connectivity index (χ4n) is 12.6. The lowest BCUT2D eigenvalue weighted by Gasteiger charge is -2.20. The van der Waals surface area contributed by atoms with E-state index in [1.807, 2.05) is 6.08 Å². The summed E-state index contributed by atoms with van der Waals surface area (Å²) in [6.45, 7) is 4.95. The standard InChI is InChI=1S/C78H153NO5/c1-3-5-7-9-11-13-15-17-18-44-47-50-54-58-62-66-70-76(81)75(74-80)79-77(82)71-67-63-59-55-51-48-45-42-40-38-36-34-32-30-28-26-24-22-20-19-21-23-25-27-29-31-33-35-37-39-41-43-46-49-53-57-61-65-69-73-84-78(83)72-68-64-60-56-52-16-14-12-10-8-6-4-2/h66,70,75-76,80-81H,3-65,67-69,71-74H2,1-2H3,(H,79,82)/b70-66+. The lowest BCUT2D eigenvalue weighted by molar-refractivity contribution is -0.143. The minimum Gasteiger partial charge on any atom is -0.466 e. The number of carbonyl (C=O) groups excluding carboxylic acids is 2. The zero-order chi connectivity index (χ0) is 60.6. The van der Waals surface area contributed by atoms with Crippen LogP contribution in [0.15, 0.2) is 12.2 Å². The number of nitrogens with one attached hydrogen (secondary N) is 1. The van der Waals surface area contributed by atoms with E-state index in [0.29, 0.717) is 19.4 Å². The zero-order valence-corrected chi connectivity index (χ0v) is 57.4. The van der Waals surface area contributed by atoms with Crippen molar-refractivity contribution in [2.75, 3.05) is 13.2 Å². The Hall–Kier alpha value is -1.40. The van der Waals surface area contributed by atoms with Crippen molar-refractivity contribution in [3.05, 3.63) is 12.2 Å². The molecule has 1 amide bonds. The van der Waals surface area contributed by atoms with E-state index < -0.39 is 12.1 Å². The first kappa shape index (κ1) is 82.6. The number of aliphatic hydroxyl groups excluding tert-OH is 2. The van der Waals surface area contributed by atoms with Gasteiger partial charge in [-0.15, -0.1) is 0 Å². The predicted octanol–water partition coefficient (Wildman–Crippen LogP) is 25.5. The number of hydrogen-bond acceptors (Lipinski definition) is 5. The van der Waals surface area contributed by atoms with E-state index in [-0.39, 0.29) is 18.5 Å². The van der Waals surface area contributed by atoms with Gasteiger partial charge in [-0.2, -0.15) is 0 Å². The first-order valence-electron chi connectivity index (χ1n) is 39.0. The monoisotopic (exact) mass is 1180 g/mol. The van der Waals surface area contributed by atoms with Gasteiger partial charge in [-0.3, -0.25) is 9.59 Å². The second-order valence-electron chi connectivity index (χ2n) is 27.1. The Balaban J connectivity index is 3.29. The molecular formula is C78H153NO5. The second kappa shape index (κ2) is 74.1. The summed E-state index contributed by atoms with van der Waals surface area (Å²) < 4.78 is 5.49. The van der Waals surface area contributed by atoms with Gasteiger partial charge in [0, 0.05) is 12.8 Å². The average Bonchev–Trinajstić information content (AvgIpc) is 3.50. The number of unbranched alkanes of at least 4 members (excludes halogenated alkanes) is 63. The van der Waals surface area contributed by atoms with Crippen LogP contribution in [0.25, 0.3) is 0 Å². The van der Waals surface area contributed by atoms with Crippen molar-refractivity contribution in [1.29, 1.82) is 0 Å². The lowest BCUT2D eigenvalue weighted by Crippen LogP contribution is -2.45. The molecule has 0 rings (SSSR count). The van der Waals surface area contributed by atoms with Gasteiger partial charge in [-0.25, -0.2) is 0 Å². The van der Waals surface area contributed by atoms with Gasteiger partial charge in [0.05, 0.1) is 25.4 Å². The predicted molar refractivity (Wildman–Crippen MR) is 370 cm³/mol. The maximum atomic E-state index is 12.5. The van der Waals surface area contributed by atoms with Crippen LogP contribution in [-0.4, -0.2) is 47.4 Å². The highest BCUT2D eigenvalue weighted by Crippen LogP contribution is 2.20. The van der Waals surface area contributed by atoms with Crippen molar-refractivity contribution in [3.63, 3.8) is 0 Å². The Kier molecular flexibility index (Phi) is 72.8. The normalized spacial score (nSPS) is 12.5. The Morgan fingerprint density at radius 1 is 0.321 bits per heavy atom. The molecule has 0 aliphatic rings. The van der Waals surface area contributed by atoms with Crippen LogP contribution >= 0.6 is 0 Å². The molecule has 2 unspecified atom stereocenters. The highest BCUT2D eigenvalue weighted by Gasteiger charge is 2.18. The smallest absolute Gasteiger partial charge is 0.305 e. The van der Waals surface area contributed by atoms with Gasteiger partial charge in [0.15, 0.2) is 0 Å². The maximum Gasteiger partial charge on any atom is 0.305 e. The Morgan fingerprint density at radius 2 is 0.548 bits per heavy atom. The highest BCUT2D eigenvalue weighted by atomic mass is 16.5. The Bertz CT molecular complexity index is 1270. The molecule has 0 aromatic heterocycles. The summed E-state index contributed by atoms with van der Waals surface area (Å²) in [5.41, 5.74) is 0. The van der Waals surface area contributed by atoms with E-state index in [9.17, 15) is 19.8 Å². The second-order valence-corrected chi connectivity index (χ2v) is 27.1. The van der Waals surface area contributed by atoms with Crippen LogP contribution in [0.3, 0.4) is 0 Å². The SMILES string of the molecule is CCCCCCCCCCCCCCCC/C=C/C(O)C(CO)NC(=O)CCCCCCCCCCCCCCCCCCCCCCCCCCCCCCCCCCCCCCCCCOC(=O)CCCCCCCCCCCCCC. The van der Waals surface area contributed by atoms with E-state index in [0.717, 1.165) is 38.5 Å². The van der Waals surface area contributed by atoms with Crippen LogP contribution in [0.5, 0.6) is 0 Å². The molecule has 2 atom stereocenters. The maximum absolute atomic E-state index is 12.5. The zero-order valence-electron chi connectivity index (χ0n) is 57.4. The summed E-state index contributed by atoms with van der Waals surface area (Å²) >= 11 is 0. The van der Waals surface area contributed by atoms with Gasteiger partial charge in [-0.1, -0.05) is 418 Å². The number of aliphatic hydroxyl groups is 2. The molecule has 0 bridgehead atoms. The average molecular weight is 1190 g/mol. The fraction of sp³-hybridized carbons (Fsp3) is 0.949. The number of hydrogen-bond donors (Lipinski definition) is 3. The third-order valence-electron chi connectivity index (χ3n) is 18.6. The molecule has 0 aliphatic heterocycles. The third-order valence-corrected chi connectivity index (χ3v) is 18.6. The molecule has 6 heteroatoms. The minimum absolute atomic E-state index is 0.0255. The van der Waals surface area contributed by atoms with Crippen LogP contribution in [0.1, 0.15) is 450 Å². The van der Waals surface area contributed by atoms with Gasteiger partial charge in [0.25, 0.3) is 0 Å². The molecule has 0 spiro atoms. The summed E-state index contributed by atoms with van der Waals surface area (Å²) in [5, 5.41) is 23.2. The minimum atomic E-state index is -0.839. The van der Waals surface area contributed by atoms with Gasteiger partial charge in [0.1, 0.15) is 0 Å². The van der Waals surface area contributed by atoms with Crippen molar-refractivity contribution in [1.82, 2.24) is 5.32 Å². The van der Waals surface area contributed by atoms with E-state index >= 15 is 0 Å². The summed E-state index contributed by atoms with van der Waals surface area (Å²) in [7, 11) is 0. The van der Waals surface area contributed by atoms with E-state index in [1.165, 1.54) is 385 Å². The molecule has 0 aromatic rings. The van der Waals surface area contributed by atoms with E-state index in [2.05, 4.69) is 19.2 Å². The topological polar surface area (TPSA) is 95.9 Å². The van der Waals surface area contributed by atoms with Gasteiger partial charge in [0.2, 0.25) is 5.91 Å². The summed E-state index contributed by atoms with van der Waals surface area (Å²) in [4.78, 5) is 24.5. The number of carbonyl (C=O) groups is 2. The van der Waals surface area contributed by atoms with Gasteiger partial charge in [-0.05, 0) is 32.1 Å². The lowest BCUT2D eigenvalue weighted by atomic mass is 10.0. The summed E-state index contributed by atoms with van der Waals surface area (Å²) in [5.74, 6) is -0.0326. The van der Waals surface area contributed by atoms with Crippen molar-refractivity contribution in [2.45, 2.75) is 463 Å². The van der Waals surface area contributed by atoms with E-state index in [1.54, 1.807) is 6.08 Å². The number of rotatable bonds is 74. The molecule has 0 fully saturated rings. The number of amides is 1. The van der Waals surface area contributed by atoms with Gasteiger partial charge < -0.3 is 20.3 Å². The molecule has 0 saturated heterocycles. The Morgan fingerprint density at radius 3 is 0.810 bits per heavy atom.